The number of aromatic nitrogens is 3. The lowest BCUT2D eigenvalue weighted by Crippen LogP contribution is -2.52. The molecular formula is C41H52N4O5Si. The van der Waals surface area contributed by atoms with Crippen LogP contribution >= 0.6 is 0 Å². The number of rotatable bonds is 19. The van der Waals surface area contributed by atoms with E-state index in [-0.39, 0.29) is 25.6 Å². The number of benzene rings is 3. The summed E-state index contributed by atoms with van der Waals surface area (Å²) in [5.74, 6) is 0.343. The van der Waals surface area contributed by atoms with Crippen LogP contribution in [-0.4, -0.2) is 58.6 Å². The van der Waals surface area contributed by atoms with E-state index in [4.69, 9.17) is 14.2 Å². The number of nitrogens with zero attached hydrogens (tertiary/aromatic N) is 3. The van der Waals surface area contributed by atoms with Crippen LogP contribution in [0.1, 0.15) is 68.7 Å². The number of aliphatic hydroxyl groups is 1. The van der Waals surface area contributed by atoms with E-state index in [2.05, 4.69) is 56.6 Å². The summed E-state index contributed by atoms with van der Waals surface area (Å²) in [5, 5.41) is 16.2. The molecule has 3 atom stereocenters. The Balaban J connectivity index is 1.50. The van der Waals surface area contributed by atoms with Crippen molar-refractivity contribution in [3.05, 3.63) is 132 Å². The van der Waals surface area contributed by atoms with Gasteiger partial charge in [0, 0.05) is 0 Å². The molecule has 0 aliphatic carbocycles. The molecule has 0 amide bonds. The van der Waals surface area contributed by atoms with Gasteiger partial charge in [0.2, 0.25) is 5.78 Å². The van der Waals surface area contributed by atoms with Crippen LogP contribution in [0.15, 0.2) is 109 Å². The molecule has 0 bridgehead atoms. The summed E-state index contributed by atoms with van der Waals surface area (Å²) in [7, 11) is -2.12. The van der Waals surface area contributed by atoms with E-state index in [1.807, 2.05) is 97.1 Å². The van der Waals surface area contributed by atoms with E-state index in [1.165, 1.54) is 6.33 Å². The van der Waals surface area contributed by atoms with Gasteiger partial charge in [-0.15, -0.1) is 0 Å². The first-order valence-electron chi connectivity index (χ1n) is 17.9. The van der Waals surface area contributed by atoms with Gasteiger partial charge in [0.25, 0.3) is 0 Å². The Morgan fingerprint density at radius 3 is 1.76 bits per heavy atom. The van der Waals surface area contributed by atoms with Crippen LogP contribution in [0.5, 0.6) is 0 Å². The SMILES string of the molecule is CC(C)[Si](Nc1ncnn2c(C(=O)C(OCc3ccccc3)C(OCc3ccccc3)C(O)COCc3ccccc3)ccc12)(C(C)C)C(C)C. The van der Waals surface area contributed by atoms with Crippen molar-refractivity contribution in [1.82, 2.24) is 14.6 Å². The number of aliphatic hydroxyl groups excluding tert-OH is 1. The van der Waals surface area contributed by atoms with E-state index in [1.54, 1.807) is 10.6 Å². The molecule has 51 heavy (non-hydrogen) atoms. The molecule has 270 valence electrons. The Morgan fingerprint density at radius 2 is 1.24 bits per heavy atom. The third kappa shape index (κ3) is 9.19. The lowest BCUT2D eigenvalue weighted by Gasteiger charge is -2.43. The van der Waals surface area contributed by atoms with Crippen LogP contribution in [0.2, 0.25) is 16.6 Å². The molecule has 0 aliphatic heterocycles. The average Bonchev–Trinajstić information content (AvgIpc) is 3.57. The number of ether oxygens (including phenoxy) is 3. The van der Waals surface area contributed by atoms with Crippen LogP contribution in [0.25, 0.3) is 5.52 Å². The van der Waals surface area contributed by atoms with Gasteiger partial charge in [-0.2, -0.15) is 5.10 Å². The van der Waals surface area contributed by atoms with Gasteiger partial charge in [0.1, 0.15) is 35.6 Å². The summed E-state index contributed by atoms with van der Waals surface area (Å²) in [6.45, 7) is 14.2. The zero-order chi connectivity index (χ0) is 36.4. The summed E-state index contributed by atoms with van der Waals surface area (Å²) < 4.78 is 20.5. The number of nitrogens with one attached hydrogen (secondary N) is 1. The van der Waals surface area contributed by atoms with Gasteiger partial charge < -0.3 is 24.3 Å². The van der Waals surface area contributed by atoms with E-state index in [0.29, 0.717) is 40.3 Å². The lowest BCUT2D eigenvalue weighted by molar-refractivity contribution is -0.134. The molecule has 5 aromatic rings. The number of hydrogen-bond acceptors (Lipinski definition) is 8. The largest absolute Gasteiger partial charge is 0.393 e. The minimum absolute atomic E-state index is 0.0652. The molecule has 0 saturated heterocycles. The minimum atomic E-state index is -2.12. The van der Waals surface area contributed by atoms with Crippen molar-refractivity contribution >= 4 is 25.4 Å². The number of hydrogen-bond donors (Lipinski definition) is 2. The zero-order valence-corrected chi connectivity index (χ0v) is 31.6. The topological polar surface area (TPSA) is 107 Å². The Kier molecular flexibility index (Phi) is 13.3. The maximum atomic E-state index is 14.8. The number of carbonyl (C=O) groups is 1. The molecule has 3 unspecified atom stereocenters. The van der Waals surface area contributed by atoms with Crippen molar-refractivity contribution < 1.29 is 24.1 Å². The third-order valence-electron chi connectivity index (χ3n) is 9.80. The smallest absolute Gasteiger partial charge is 0.212 e. The van der Waals surface area contributed by atoms with Crippen LogP contribution in [-0.2, 0) is 34.0 Å². The number of ketones is 1. The molecule has 0 radical (unpaired) electrons. The van der Waals surface area contributed by atoms with Crippen molar-refractivity contribution in [2.45, 2.75) is 96.3 Å². The number of anilines is 1. The number of Topliss-reactive ketones (excluding diaryl/α,β-unsaturated/α-hetero) is 1. The second-order valence-corrected chi connectivity index (χ2v) is 19.6. The van der Waals surface area contributed by atoms with Crippen LogP contribution in [0.4, 0.5) is 5.82 Å². The normalized spacial score (nSPS) is 13.9. The van der Waals surface area contributed by atoms with Crippen molar-refractivity contribution in [1.29, 1.82) is 0 Å². The van der Waals surface area contributed by atoms with E-state index < -0.39 is 26.5 Å². The molecule has 2 heterocycles. The molecule has 0 spiro atoms. The van der Waals surface area contributed by atoms with E-state index in [9.17, 15) is 9.90 Å². The molecule has 9 nitrogen and oxygen atoms in total. The highest BCUT2D eigenvalue weighted by molar-refractivity contribution is 6.86. The Hall–Kier alpha value is -4.19. The molecule has 5 rings (SSSR count). The van der Waals surface area contributed by atoms with Crippen molar-refractivity contribution in [3.8, 4) is 0 Å². The summed E-state index contributed by atoms with van der Waals surface area (Å²) in [6.07, 6.45) is -1.95. The minimum Gasteiger partial charge on any atom is -0.393 e. The van der Waals surface area contributed by atoms with Gasteiger partial charge in [-0.05, 0) is 45.4 Å². The second kappa shape index (κ2) is 17.8. The molecule has 3 aromatic carbocycles. The second-order valence-electron chi connectivity index (χ2n) is 14.1. The van der Waals surface area contributed by atoms with Gasteiger partial charge >= 0.3 is 0 Å². The zero-order valence-electron chi connectivity index (χ0n) is 30.6. The Bertz CT molecular complexity index is 1780. The monoisotopic (exact) mass is 708 g/mol. The quantitative estimate of drug-likeness (QED) is 0.0653. The van der Waals surface area contributed by atoms with Gasteiger partial charge in [-0.1, -0.05) is 133 Å². The average molecular weight is 709 g/mol. The van der Waals surface area contributed by atoms with Gasteiger partial charge in [-0.25, -0.2) is 9.50 Å². The van der Waals surface area contributed by atoms with Crippen LogP contribution in [0.3, 0.4) is 0 Å². The van der Waals surface area contributed by atoms with Crippen molar-refractivity contribution in [2.75, 3.05) is 11.6 Å². The molecule has 10 heteroatoms. The highest BCUT2D eigenvalue weighted by atomic mass is 28.3. The molecule has 0 fully saturated rings. The summed E-state index contributed by atoms with van der Waals surface area (Å²) in [6, 6.07) is 32.7. The fourth-order valence-corrected chi connectivity index (χ4v) is 12.7. The summed E-state index contributed by atoms with van der Waals surface area (Å²) >= 11 is 0. The predicted molar refractivity (Wildman–Crippen MR) is 204 cm³/mol. The van der Waals surface area contributed by atoms with Gasteiger partial charge in [0.15, 0.2) is 14.3 Å². The standard InChI is InChI=1S/C41H52N4O5Si/c1-29(2)51(30(3)4,31(5)6)44-41-36-23-22-35(45(36)43-28-42-41)38(47)40(50-26-34-20-14-9-15-21-34)39(49-25-33-18-12-8-13-19-33)37(46)27-48-24-32-16-10-7-11-17-32/h7-23,28-31,37,39-40,46H,24-27H2,1-6H3,(H,42,43,44). The fraction of sp³-hybridized carbons (Fsp3) is 0.390. The maximum absolute atomic E-state index is 14.8. The van der Waals surface area contributed by atoms with E-state index >= 15 is 0 Å². The first-order valence-corrected chi connectivity index (χ1v) is 20.1. The molecular weight excluding hydrogens is 657 g/mol. The highest BCUT2D eigenvalue weighted by Gasteiger charge is 2.44. The lowest BCUT2D eigenvalue weighted by atomic mass is 10.0. The van der Waals surface area contributed by atoms with Crippen LogP contribution < -0.4 is 4.98 Å². The van der Waals surface area contributed by atoms with Crippen LogP contribution in [0, 0.1) is 0 Å². The molecule has 0 aliphatic rings. The van der Waals surface area contributed by atoms with Crippen molar-refractivity contribution in [3.63, 3.8) is 0 Å². The Labute approximate surface area is 303 Å². The van der Waals surface area contributed by atoms with Gasteiger partial charge in [0.05, 0.1) is 26.4 Å². The fourth-order valence-electron chi connectivity index (χ4n) is 7.21. The third-order valence-corrected chi connectivity index (χ3v) is 16.2. The summed E-state index contributed by atoms with van der Waals surface area (Å²) in [5.41, 5.74) is 5.09. The molecule has 2 aromatic heterocycles. The van der Waals surface area contributed by atoms with Gasteiger partial charge in [-0.3, -0.25) is 4.79 Å². The summed E-state index contributed by atoms with van der Waals surface area (Å²) in [4.78, 5) is 23.4. The highest BCUT2D eigenvalue weighted by Crippen LogP contribution is 2.42. The molecule has 2 N–H and O–H groups in total. The maximum Gasteiger partial charge on any atom is 0.212 e. The predicted octanol–water partition coefficient (Wildman–Crippen LogP) is 8.25. The first-order chi connectivity index (χ1) is 24.6. The number of fused-ring (bicyclic) bond motifs is 1. The van der Waals surface area contributed by atoms with E-state index in [0.717, 1.165) is 16.7 Å². The Morgan fingerprint density at radius 1 is 0.725 bits per heavy atom. The first kappa shape index (κ1) is 38.0. The van der Waals surface area contributed by atoms with Crippen molar-refractivity contribution in [2.24, 2.45) is 0 Å². The molecule has 0 saturated carbocycles. The number of carbonyl (C=O) groups excluding carboxylic acids is 1.